The van der Waals surface area contributed by atoms with E-state index in [0.29, 0.717) is 30.2 Å². The lowest BCUT2D eigenvalue weighted by Crippen LogP contribution is -2.49. The predicted octanol–water partition coefficient (Wildman–Crippen LogP) is 3.29. The zero-order valence-electron chi connectivity index (χ0n) is 16.7. The van der Waals surface area contributed by atoms with E-state index in [9.17, 15) is 14.9 Å². The third-order valence-corrected chi connectivity index (χ3v) is 4.70. The standard InChI is InChI=1S/C21H24N2O6/c1-14-11-22(12-15(2)29-14)21(24)13-28-20-9-6-17(23(25)26)10-19(20)16-4-7-18(27-3)8-5-16/h4-10,14-15H,11-13H2,1-3H3/t14-,15-/m1/s1. The second-order valence-electron chi connectivity index (χ2n) is 7.01. The molecule has 1 aliphatic rings. The molecule has 2 aromatic rings. The maximum atomic E-state index is 12.6. The van der Waals surface area contributed by atoms with Crippen molar-refractivity contribution in [1.29, 1.82) is 0 Å². The van der Waals surface area contributed by atoms with Crippen molar-refractivity contribution in [2.75, 3.05) is 26.8 Å². The fourth-order valence-corrected chi connectivity index (χ4v) is 3.37. The second kappa shape index (κ2) is 8.91. The SMILES string of the molecule is COc1ccc(-c2cc([N+](=O)[O-])ccc2OCC(=O)N2C[C@@H](C)O[C@H](C)C2)cc1. The number of carbonyl (C=O) groups excluding carboxylic acids is 1. The molecule has 29 heavy (non-hydrogen) atoms. The Kier molecular flexibility index (Phi) is 6.33. The Labute approximate surface area is 169 Å². The van der Waals surface area contributed by atoms with E-state index < -0.39 is 4.92 Å². The predicted molar refractivity (Wildman–Crippen MR) is 107 cm³/mol. The van der Waals surface area contributed by atoms with Gasteiger partial charge in [0.15, 0.2) is 6.61 Å². The summed E-state index contributed by atoms with van der Waals surface area (Å²) < 4.78 is 16.6. The van der Waals surface area contributed by atoms with Crippen LogP contribution in [-0.4, -0.2) is 54.7 Å². The van der Waals surface area contributed by atoms with Crippen molar-refractivity contribution in [2.24, 2.45) is 0 Å². The Balaban J connectivity index is 1.80. The van der Waals surface area contributed by atoms with E-state index in [0.717, 1.165) is 5.56 Å². The molecular weight excluding hydrogens is 376 g/mol. The van der Waals surface area contributed by atoms with E-state index in [1.807, 2.05) is 13.8 Å². The van der Waals surface area contributed by atoms with Crippen LogP contribution in [0.5, 0.6) is 11.5 Å². The molecule has 1 heterocycles. The van der Waals surface area contributed by atoms with Crippen LogP contribution >= 0.6 is 0 Å². The summed E-state index contributed by atoms with van der Waals surface area (Å²) >= 11 is 0. The molecule has 1 saturated heterocycles. The summed E-state index contributed by atoms with van der Waals surface area (Å²) in [6.07, 6.45) is -0.0612. The Morgan fingerprint density at radius 2 is 1.83 bits per heavy atom. The Bertz CT molecular complexity index is 873. The second-order valence-corrected chi connectivity index (χ2v) is 7.01. The van der Waals surface area contributed by atoms with Crippen LogP contribution in [0.3, 0.4) is 0 Å². The van der Waals surface area contributed by atoms with Crippen LogP contribution < -0.4 is 9.47 Å². The molecule has 0 N–H and O–H groups in total. The fourth-order valence-electron chi connectivity index (χ4n) is 3.37. The van der Waals surface area contributed by atoms with Gasteiger partial charge in [0.05, 0.1) is 24.2 Å². The lowest BCUT2D eigenvalue weighted by molar-refractivity contribution is -0.384. The summed E-state index contributed by atoms with van der Waals surface area (Å²) in [7, 11) is 1.57. The van der Waals surface area contributed by atoms with E-state index in [2.05, 4.69) is 0 Å². The van der Waals surface area contributed by atoms with Crippen molar-refractivity contribution in [1.82, 2.24) is 4.90 Å². The average molecular weight is 400 g/mol. The van der Waals surface area contributed by atoms with Gasteiger partial charge >= 0.3 is 0 Å². The highest BCUT2D eigenvalue weighted by molar-refractivity contribution is 5.79. The first-order valence-corrected chi connectivity index (χ1v) is 9.36. The Morgan fingerprint density at radius 1 is 1.17 bits per heavy atom. The van der Waals surface area contributed by atoms with Crippen molar-refractivity contribution < 1.29 is 23.9 Å². The minimum absolute atomic E-state index is 0.0306. The molecule has 0 spiro atoms. The lowest BCUT2D eigenvalue weighted by atomic mass is 10.0. The van der Waals surface area contributed by atoms with E-state index in [-0.39, 0.29) is 30.4 Å². The molecule has 0 bridgehead atoms. The minimum Gasteiger partial charge on any atom is -0.497 e. The number of nitrogens with zero attached hydrogens (tertiary/aromatic N) is 2. The third kappa shape index (κ3) is 5.03. The minimum atomic E-state index is -0.460. The van der Waals surface area contributed by atoms with Gasteiger partial charge in [-0.05, 0) is 37.6 Å². The highest BCUT2D eigenvalue weighted by Gasteiger charge is 2.26. The van der Waals surface area contributed by atoms with Gasteiger partial charge in [0, 0.05) is 30.8 Å². The first kappa shape index (κ1) is 20.6. The number of hydrogen-bond donors (Lipinski definition) is 0. The Morgan fingerprint density at radius 3 is 2.41 bits per heavy atom. The normalized spacial score (nSPS) is 18.9. The number of methoxy groups -OCH3 is 1. The highest BCUT2D eigenvalue weighted by atomic mass is 16.6. The number of non-ortho nitro benzene ring substituents is 1. The molecule has 1 amide bonds. The Hall–Kier alpha value is -3.13. The number of nitro benzene ring substituents is 1. The van der Waals surface area contributed by atoms with Crippen molar-refractivity contribution >= 4 is 11.6 Å². The quantitative estimate of drug-likeness (QED) is 0.546. The summed E-state index contributed by atoms with van der Waals surface area (Å²) in [5.41, 5.74) is 1.22. The topological polar surface area (TPSA) is 91.1 Å². The first-order valence-electron chi connectivity index (χ1n) is 9.36. The summed E-state index contributed by atoms with van der Waals surface area (Å²) in [4.78, 5) is 25.1. The number of morpholine rings is 1. The highest BCUT2D eigenvalue weighted by Crippen LogP contribution is 2.34. The van der Waals surface area contributed by atoms with Crippen LogP contribution in [0.25, 0.3) is 11.1 Å². The van der Waals surface area contributed by atoms with E-state index in [1.165, 1.54) is 18.2 Å². The van der Waals surface area contributed by atoms with E-state index in [4.69, 9.17) is 14.2 Å². The van der Waals surface area contributed by atoms with Crippen LogP contribution in [0.2, 0.25) is 0 Å². The molecule has 2 aromatic carbocycles. The molecule has 8 nitrogen and oxygen atoms in total. The van der Waals surface area contributed by atoms with Gasteiger partial charge in [-0.2, -0.15) is 0 Å². The third-order valence-electron chi connectivity index (χ3n) is 4.70. The lowest BCUT2D eigenvalue weighted by Gasteiger charge is -2.35. The summed E-state index contributed by atoms with van der Waals surface area (Å²) in [5, 5.41) is 11.2. The number of ether oxygens (including phenoxy) is 3. The zero-order chi connectivity index (χ0) is 21.0. The van der Waals surface area contributed by atoms with E-state index >= 15 is 0 Å². The molecule has 0 radical (unpaired) electrons. The summed E-state index contributed by atoms with van der Waals surface area (Å²) in [6, 6.07) is 11.4. The number of carbonyl (C=O) groups is 1. The molecule has 3 rings (SSSR count). The van der Waals surface area contributed by atoms with Gasteiger partial charge in [-0.1, -0.05) is 12.1 Å². The van der Waals surface area contributed by atoms with Gasteiger partial charge in [0.2, 0.25) is 0 Å². The monoisotopic (exact) mass is 400 g/mol. The van der Waals surface area contributed by atoms with Crippen molar-refractivity contribution in [3.05, 3.63) is 52.6 Å². The summed E-state index contributed by atoms with van der Waals surface area (Å²) in [6.45, 7) is 4.72. The van der Waals surface area contributed by atoms with E-state index in [1.54, 1.807) is 36.3 Å². The molecule has 0 unspecified atom stereocenters. The maximum Gasteiger partial charge on any atom is 0.270 e. The molecule has 0 aliphatic carbocycles. The van der Waals surface area contributed by atoms with Crippen LogP contribution in [0.4, 0.5) is 5.69 Å². The van der Waals surface area contributed by atoms with Crippen molar-refractivity contribution in [3.8, 4) is 22.6 Å². The van der Waals surface area contributed by atoms with Crippen molar-refractivity contribution in [3.63, 3.8) is 0 Å². The molecule has 2 atom stereocenters. The molecule has 0 aromatic heterocycles. The van der Waals surface area contributed by atoms with Crippen LogP contribution in [-0.2, 0) is 9.53 Å². The van der Waals surface area contributed by atoms with Crippen LogP contribution in [0.1, 0.15) is 13.8 Å². The zero-order valence-corrected chi connectivity index (χ0v) is 16.7. The number of benzene rings is 2. The fraction of sp³-hybridized carbons (Fsp3) is 0.381. The number of amides is 1. The molecule has 1 fully saturated rings. The van der Waals surface area contributed by atoms with Gasteiger partial charge in [-0.3, -0.25) is 14.9 Å². The smallest absolute Gasteiger partial charge is 0.270 e. The van der Waals surface area contributed by atoms with Gasteiger partial charge < -0.3 is 19.1 Å². The van der Waals surface area contributed by atoms with Gasteiger partial charge in [0.1, 0.15) is 11.5 Å². The number of nitro groups is 1. The van der Waals surface area contributed by atoms with Gasteiger partial charge in [-0.15, -0.1) is 0 Å². The molecule has 1 aliphatic heterocycles. The van der Waals surface area contributed by atoms with Gasteiger partial charge in [0.25, 0.3) is 11.6 Å². The van der Waals surface area contributed by atoms with Crippen molar-refractivity contribution in [2.45, 2.75) is 26.1 Å². The van der Waals surface area contributed by atoms with Crippen LogP contribution in [0, 0.1) is 10.1 Å². The summed E-state index contributed by atoms with van der Waals surface area (Å²) in [5.74, 6) is 0.932. The molecular formula is C21H24N2O6. The number of hydrogen-bond acceptors (Lipinski definition) is 6. The number of rotatable bonds is 6. The van der Waals surface area contributed by atoms with Crippen LogP contribution in [0.15, 0.2) is 42.5 Å². The molecule has 0 saturated carbocycles. The average Bonchev–Trinajstić information content (AvgIpc) is 2.71. The van der Waals surface area contributed by atoms with Gasteiger partial charge in [-0.25, -0.2) is 0 Å². The largest absolute Gasteiger partial charge is 0.497 e. The molecule has 154 valence electrons. The molecule has 8 heteroatoms. The maximum absolute atomic E-state index is 12.6. The first-order chi connectivity index (χ1) is 13.9.